The molecule has 0 atom stereocenters. The Morgan fingerprint density at radius 2 is 2.05 bits per heavy atom. The minimum Gasteiger partial charge on any atom is -0.466 e. The summed E-state index contributed by atoms with van der Waals surface area (Å²) in [5, 5.41) is 6.40. The fraction of sp³-hybridized carbons (Fsp3) is 0.353. The van der Waals surface area contributed by atoms with E-state index in [0.29, 0.717) is 11.3 Å². The first-order valence-corrected chi connectivity index (χ1v) is 7.27. The van der Waals surface area contributed by atoms with Gasteiger partial charge in [0.25, 0.3) is 5.91 Å². The third kappa shape index (κ3) is 2.47. The molecule has 3 rings (SSSR count). The van der Waals surface area contributed by atoms with Gasteiger partial charge in [0.15, 0.2) is 0 Å². The molecule has 0 aliphatic carbocycles. The van der Waals surface area contributed by atoms with Gasteiger partial charge in [-0.3, -0.25) is 4.79 Å². The van der Waals surface area contributed by atoms with Crippen molar-refractivity contribution in [1.29, 1.82) is 0 Å². The quantitative estimate of drug-likeness (QED) is 0.891. The Morgan fingerprint density at radius 3 is 2.76 bits per heavy atom. The number of amides is 1. The van der Waals surface area contributed by atoms with Gasteiger partial charge >= 0.3 is 0 Å². The van der Waals surface area contributed by atoms with Crippen LogP contribution in [0.3, 0.4) is 0 Å². The van der Waals surface area contributed by atoms with Crippen molar-refractivity contribution in [2.24, 2.45) is 0 Å². The zero-order valence-corrected chi connectivity index (χ0v) is 12.7. The number of anilines is 1. The van der Waals surface area contributed by atoms with E-state index in [1.165, 1.54) is 11.1 Å². The maximum Gasteiger partial charge on any atom is 0.259 e. The van der Waals surface area contributed by atoms with Crippen molar-refractivity contribution in [3.63, 3.8) is 0 Å². The Morgan fingerprint density at radius 1 is 1.24 bits per heavy atom. The Bertz CT molecular complexity index is 701. The van der Waals surface area contributed by atoms with E-state index in [4.69, 9.17) is 4.42 Å². The fourth-order valence-corrected chi connectivity index (χ4v) is 2.96. The summed E-state index contributed by atoms with van der Waals surface area (Å²) in [7, 11) is 0. The molecule has 2 N–H and O–H groups in total. The van der Waals surface area contributed by atoms with E-state index in [2.05, 4.69) is 16.7 Å². The van der Waals surface area contributed by atoms with Crippen LogP contribution in [0, 0.1) is 20.8 Å². The van der Waals surface area contributed by atoms with Gasteiger partial charge in [-0.2, -0.15) is 0 Å². The molecule has 110 valence electrons. The van der Waals surface area contributed by atoms with Crippen molar-refractivity contribution >= 4 is 11.6 Å². The molecule has 0 fully saturated rings. The van der Waals surface area contributed by atoms with Crippen LogP contribution in [0.2, 0.25) is 0 Å². The van der Waals surface area contributed by atoms with Crippen LogP contribution in [0.4, 0.5) is 5.69 Å². The van der Waals surface area contributed by atoms with E-state index < -0.39 is 0 Å². The normalized spacial score (nSPS) is 13.9. The molecule has 4 nitrogen and oxygen atoms in total. The average Bonchev–Trinajstić information content (AvgIpc) is 2.72. The first-order valence-electron chi connectivity index (χ1n) is 7.27. The minimum absolute atomic E-state index is 0.0891. The van der Waals surface area contributed by atoms with Gasteiger partial charge in [0.2, 0.25) is 0 Å². The highest BCUT2D eigenvalue weighted by Gasteiger charge is 2.20. The van der Waals surface area contributed by atoms with Crippen LogP contribution < -0.4 is 10.6 Å². The Kier molecular flexibility index (Phi) is 3.55. The van der Waals surface area contributed by atoms with Crippen LogP contribution in [0.5, 0.6) is 0 Å². The summed E-state index contributed by atoms with van der Waals surface area (Å²) in [6.45, 7) is 7.45. The second kappa shape index (κ2) is 5.37. The Hall–Kier alpha value is -2.07. The molecule has 0 saturated heterocycles. The lowest BCUT2D eigenvalue weighted by molar-refractivity contribution is 0.102. The van der Waals surface area contributed by atoms with Gasteiger partial charge in [-0.15, -0.1) is 0 Å². The zero-order valence-electron chi connectivity index (χ0n) is 12.7. The van der Waals surface area contributed by atoms with Gasteiger partial charge in [-0.1, -0.05) is 12.1 Å². The summed E-state index contributed by atoms with van der Waals surface area (Å²) in [6.07, 6.45) is 0.939. The average molecular weight is 284 g/mol. The lowest BCUT2D eigenvalue weighted by atomic mass is 9.98. The lowest BCUT2D eigenvalue weighted by Crippen LogP contribution is -2.25. The predicted octanol–water partition coefficient (Wildman–Crippen LogP) is 3.10. The van der Waals surface area contributed by atoms with Crippen LogP contribution in [0.25, 0.3) is 0 Å². The van der Waals surface area contributed by atoms with Gasteiger partial charge < -0.3 is 15.1 Å². The molecule has 4 heteroatoms. The summed E-state index contributed by atoms with van der Waals surface area (Å²) in [6, 6.07) is 6.07. The summed E-state index contributed by atoms with van der Waals surface area (Å²) in [5.74, 6) is 1.39. The van der Waals surface area contributed by atoms with E-state index in [0.717, 1.165) is 36.5 Å². The fourth-order valence-electron chi connectivity index (χ4n) is 2.96. The number of carbonyl (C=O) groups is 1. The zero-order chi connectivity index (χ0) is 15.0. The molecule has 21 heavy (non-hydrogen) atoms. The van der Waals surface area contributed by atoms with Crippen LogP contribution in [-0.4, -0.2) is 12.5 Å². The van der Waals surface area contributed by atoms with Crippen LogP contribution in [-0.2, 0) is 13.0 Å². The molecule has 1 aromatic heterocycles. The van der Waals surface area contributed by atoms with Crippen molar-refractivity contribution < 1.29 is 9.21 Å². The van der Waals surface area contributed by atoms with Crippen LogP contribution >= 0.6 is 0 Å². The highest BCUT2D eigenvalue weighted by molar-refractivity contribution is 6.06. The molecular weight excluding hydrogens is 264 g/mol. The van der Waals surface area contributed by atoms with Crippen molar-refractivity contribution in [1.82, 2.24) is 5.32 Å². The second-order valence-corrected chi connectivity index (χ2v) is 5.54. The van der Waals surface area contributed by atoms with E-state index in [1.807, 2.05) is 32.9 Å². The molecule has 2 heterocycles. The van der Waals surface area contributed by atoms with E-state index in [1.54, 1.807) is 0 Å². The molecule has 1 aliphatic rings. The largest absolute Gasteiger partial charge is 0.466 e. The SMILES string of the molecule is Cc1oc(C)c(C(=O)Nc2cccc3c2CCNC3)c1C. The first kappa shape index (κ1) is 13.9. The number of carbonyl (C=O) groups excluding carboxylic acids is 1. The molecule has 1 aliphatic heterocycles. The highest BCUT2D eigenvalue weighted by atomic mass is 16.3. The standard InChI is InChI=1S/C17H20N2O2/c1-10-11(2)21-12(3)16(10)17(20)19-15-6-4-5-13-9-18-8-7-14(13)15/h4-6,18H,7-9H2,1-3H3,(H,19,20). The number of rotatable bonds is 2. The number of benzene rings is 1. The molecule has 0 saturated carbocycles. The van der Waals surface area contributed by atoms with Gasteiger partial charge in [-0.05, 0) is 50.9 Å². The van der Waals surface area contributed by atoms with E-state index >= 15 is 0 Å². The minimum atomic E-state index is -0.0891. The smallest absolute Gasteiger partial charge is 0.259 e. The molecular formula is C17H20N2O2. The third-order valence-corrected chi connectivity index (χ3v) is 4.18. The van der Waals surface area contributed by atoms with E-state index in [9.17, 15) is 4.79 Å². The molecule has 2 aromatic rings. The molecule has 1 aromatic carbocycles. The van der Waals surface area contributed by atoms with Crippen molar-refractivity contribution in [2.75, 3.05) is 11.9 Å². The Labute approximate surface area is 124 Å². The summed E-state index contributed by atoms with van der Waals surface area (Å²) in [5.41, 5.74) is 4.98. The third-order valence-electron chi connectivity index (χ3n) is 4.18. The number of fused-ring (bicyclic) bond motifs is 1. The number of aryl methyl sites for hydroxylation is 2. The lowest BCUT2D eigenvalue weighted by Gasteiger charge is -2.20. The first-order chi connectivity index (χ1) is 10.1. The van der Waals surface area contributed by atoms with Crippen molar-refractivity contribution in [3.8, 4) is 0 Å². The van der Waals surface area contributed by atoms with Gasteiger partial charge in [0, 0.05) is 17.8 Å². The van der Waals surface area contributed by atoms with E-state index in [-0.39, 0.29) is 5.91 Å². The highest BCUT2D eigenvalue weighted by Crippen LogP contribution is 2.26. The maximum atomic E-state index is 12.6. The number of hydrogen-bond donors (Lipinski definition) is 2. The molecule has 1 amide bonds. The summed E-state index contributed by atoms with van der Waals surface area (Å²) in [4.78, 5) is 12.6. The van der Waals surface area contributed by atoms with Gasteiger partial charge in [-0.25, -0.2) is 0 Å². The topological polar surface area (TPSA) is 54.3 Å². The maximum absolute atomic E-state index is 12.6. The molecule has 0 unspecified atom stereocenters. The van der Waals surface area contributed by atoms with Crippen molar-refractivity contribution in [3.05, 3.63) is 52.0 Å². The monoisotopic (exact) mass is 284 g/mol. The Balaban J connectivity index is 1.92. The number of nitrogens with one attached hydrogen (secondary N) is 2. The van der Waals surface area contributed by atoms with Crippen LogP contribution in [0.1, 0.15) is 38.6 Å². The number of hydrogen-bond acceptors (Lipinski definition) is 3. The van der Waals surface area contributed by atoms with Crippen LogP contribution in [0.15, 0.2) is 22.6 Å². The predicted molar refractivity (Wildman–Crippen MR) is 82.7 cm³/mol. The summed E-state index contributed by atoms with van der Waals surface area (Å²) < 4.78 is 5.55. The molecule has 0 bridgehead atoms. The molecule has 0 radical (unpaired) electrons. The van der Waals surface area contributed by atoms with Crippen molar-refractivity contribution in [2.45, 2.75) is 33.7 Å². The molecule has 0 spiro atoms. The van der Waals surface area contributed by atoms with Gasteiger partial charge in [0.05, 0.1) is 5.56 Å². The van der Waals surface area contributed by atoms with Gasteiger partial charge in [0.1, 0.15) is 11.5 Å². The second-order valence-electron chi connectivity index (χ2n) is 5.54. The summed E-state index contributed by atoms with van der Waals surface area (Å²) >= 11 is 0. The number of furan rings is 1.